The van der Waals surface area contributed by atoms with Crippen molar-refractivity contribution < 1.29 is 23.9 Å². The highest BCUT2D eigenvalue weighted by molar-refractivity contribution is 6.58. The van der Waals surface area contributed by atoms with E-state index in [1.165, 1.54) is 18.2 Å². The number of rotatable bonds is 2. The summed E-state index contributed by atoms with van der Waals surface area (Å²) in [5, 5.41) is 27.3. The molecule has 100 valence electrons. The van der Waals surface area contributed by atoms with Gasteiger partial charge in [0.05, 0.1) is 0 Å². The molecule has 7 heteroatoms. The van der Waals surface area contributed by atoms with Gasteiger partial charge in [0.2, 0.25) is 0 Å². The monoisotopic (exact) mass is 274 g/mol. The number of benzene rings is 2. The standard InChI is InChI=1S/C13H10B2F2O3/c16-13(17)11-5-7(14-18)1-3-9(11)10-4-2-8(15(19)20)6-12(10)13/h1-6,14,18-20H. The van der Waals surface area contributed by atoms with E-state index in [1.807, 2.05) is 0 Å². The van der Waals surface area contributed by atoms with Gasteiger partial charge in [-0.1, -0.05) is 41.9 Å². The van der Waals surface area contributed by atoms with Crippen molar-refractivity contribution in [3.63, 3.8) is 0 Å². The van der Waals surface area contributed by atoms with Crippen molar-refractivity contribution in [1.29, 1.82) is 0 Å². The van der Waals surface area contributed by atoms with Crippen LogP contribution in [0.5, 0.6) is 0 Å². The highest BCUT2D eigenvalue weighted by Crippen LogP contribution is 2.50. The molecule has 0 radical (unpaired) electrons. The third kappa shape index (κ3) is 1.78. The molecule has 3 rings (SSSR count). The second kappa shape index (κ2) is 4.41. The molecule has 0 atom stereocenters. The minimum atomic E-state index is -3.21. The van der Waals surface area contributed by atoms with Gasteiger partial charge in [-0.05, 0) is 16.6 Å². The molecule has 3 nitrogen and oxygen atoms in total. The molecule has 0 heterocycles. The lowest BCUT2D eigenvalue weighted by atomic mass is 9.78. The molecule has 20 heavy (non-hydrogen) atoms. The Hall–Kier alpha value is -1.69. The molecule has 1 aliphatic rings. The molecule has 0 unspecified atom stereocenters. The average molecular weight is 274 g/mol. The minimum Gasteiger partial charge on any atom is -0.449 e. The number of hydrogen-bond acceptors (Lipinski definition) is 3. The predicted octanol–water partition coefficient (Wildman–Crippen LogP) is -0.544. The quantitative estimate of drug-likeness (QED) is 0.644. The third-order valence-corrected chi connectivity index (χ3v) is 3.58. The number of hydrogen-bond donors (Lipinski definition) is 3. The molecule has 0 spiro atoms. The van der Waals surface area contributed by atoms with Crippen LogP contribution in [0.4, 0.5) is 8.78 Å². The van der Waals surface area contributed by atoms with E-state index in [9.17, 15) is 8.78 Å². The van der Waals surface area contributed by atoms with Crippen LogP contribution < -0.4 is 10.9 Å². The molecule has 0 bridgehead atoms. The van der Waals surface area contributed by atoms with Gasteiger partial charge in [-0.3, -0.25) is 0 Å². The molecule has 2 aromatic carbocycles. The van der Waals surface area contributed by atoms with Crippen LogP contribution in [-0.4, -0.2) is 29.7 Å². The fourth-order valence-corrected chi connectivity index (χ4v) is 2.55. The molecule has 1 aliphatic carbocycles. The van der Waals surface area contributed by atoms with Crippen LogP contribution in [0.1, 0.15) is 11.1 Å². The van der Waals surface area contributed by atoms with Gasteiger partial charge >= 0.3 is 14.6 Å². The van der Waals surface area contributed by atoms with Crippen LogP contribution in [0.3, 0.4) is 0 Å². The van der Waals surface area contributed by atoms with E-state index >= 15 is 0 Å². The SMILES string of the molecule is OBc1ccc2c(c1)C(F)(F)c1cc(B(O)O)ccc1-2. The average Bonchev–Trinajstić information content (AvgIpc) is 2.67. The first-order valence-corrected chi connectivity index (χ1v) is 6.08. The van der Waals surface area contributed by atoms with Crippen LogP contribution in [0, 0.1) is 0 Å². The van der Waals surface area contributed by atoms with Gasteiger partial charge in [0.25, 0.3) is 5.92 Å². The molecule has 0 fully saturated rings. The summed E-state index contributed by atoms with van der Waals surface area (Å²) in [5.74, 6) is -3.21. The van der Waals surface area contributed by atoms with Gasteiger partial charge in [-0.15, -0.1) is 0 Å². The molecular formula is C13H10B2F2O3. The lowest BCUT2D eigenvalue weighted by Gasteiger charge is -2.13. The second-order valence-corrected chi connectivity index (χ2v) is 4.79. The fraction of sp³-hybridized carbons (Fsp3) is 0.0769. The summed E-state index contributed by atoms with van der Waals surface area (Å²) in [4.78, 5) is 0. The van der Waals surface area contributed by atoms with Gasteiger partial charge < -0.3 is 15.1 Å². The van der Waals surface area contributed by atoms with E-state index in [0.717, 1.165) is 6.07 Å². The maximum Gasteiger partial charge on any atom is 0.488 e. The summed E-state index contributed by atoms with van der Waals surface area (Å²) < 4.78 is 28.9. The first-order chi connectivity index (χ1) is 9.45. The Labute approximate surface area is 114 Å². The first kappa shape index (κ1) is 13.3. The third-order valence-electron chi connectivity index (χ3n) is 3.58. The van der Waals surface area contributed by atoms with Crippen molar-refractivity contribution in [2.24, 2.45) is 0 Å². The number of halogens is 2. The predicted molar refractivity (Wildman–Crippen MR) is 73.7 cm³/mol. The Morgan fingerprint density at radius 3 is 2.15 bits per heavy atom. The fourth-order valence-electron chi connectivity index (χ4n) is 2.55. The number of fused-ring (bicyclic) bond motifs is 3. The maximum absolute atomic E-state index is 14.4. The summed E-state index contributed by atoms with van der Waals surface area (Å²) in [6, 6.07) is 8.41. The van der Waals surface area contributed by atoms with Crippen molar-refractivity contribution in [3.05, 3.63) is 47.5 Å². The zero-order valence-corrected chi connectivity index (χ0v) is 10.3. The topological polar surface area (TPSA) is 60.7 Å². The summed E-state index contributed by atoms with van der Waals surface area (Å²) in [5.41, 5.74) is 0.814. The molecular weight excluding hydrogens is 264 g/mol. The van der Waals surface area contributed by atoms with Gasteiger partial charge in [0.15, 0.2) is 0 Å². The van der Waals surface area contributed by atoms with Gasteiger partial charge in [0, 0.05) is 11.1 Å². The Balaban J connectivity index is 2.23. The molecule has 2 aromatic rings. The van der Waals surface area contributed by atoms with Crippen molar-refractivity contribution >= 4 is 25.5 Å². The normalized spacial score (nSPS) is 14.7. The Bertz CT molecular complexity index is 689. The second-order valence-electron chi connectivity index (χ2n) is 4.79. The highest BCUT2D eigenvalue weighted by atomic mass is 19.3. The van der Waals surface area contributed by atoms with Gasteiger partial charge in [-0.25, -0.2) is 0 Å². The van der Waals surface area contributed by atoms with E-state index in [2.05, 4.69) is 0 Å². The lowest BCUT2D eigenvalue weighted by Crippen LogP contribution is -2.30. The Morgan fingerprint density at radius 1 is 0.950 bits per heavy atom. The largest absolute Gasteiger partial charge is 0.488 e. The summed E-state index contributed by atoms with van der Waals surface area (Å²) >= 11 is 0. The molecule has 0 amide bonds. The van der Waals surface area contributed by atoms with E-state index < -0.39 is 13.0 Å². The van der Waals surface area contributed by atoms with Crippen molar-refractivity contribution in [2.75, 3.05) is 0 Å². The van der Waals surface area contributed by atoms with Crippen LogP contribution in [0.15, 0.2) is 36.4 Å². The van der Waals surface area contributed by atoms with Gasteiger partial charge in [0.1, 0.15) is 0 Å². The van der Waals surface area contributed by atoms with Crippen molar-refractivity contribution in [2.45, 2.75) is 5.92 Å². The zero-order valence-electron chi connectivity index (χ0n) is 10.3. The Morgan fingerprint density at radius 2 is 1.55 bits per heavy atom. The molecule has 0 aliphatic heterocycles. The van der Waals surface area contributed by atoms with Crippen LogP contribution in [0.2, 0.25) is 0 Å². The van der Waals surface area contributed by atoms with E-state index in [-0.39, 0.29) is 24.1 Å². The highest BCUT2D eigenvalue weighted by Gasteiger charge is 2.44. The van der Waals surface area contributed by atoms with E-state index in [4.69, 9.17) is 15.1 Å². The zero-order chi connectivity index (χ0) is 14.5. The molecule has 3 N–H and O–H groups in total. The molecule has 0 aromatic heterocycles. The maximum atomic E-state index is 14.4. The van der Waals surface area contributed by atoms with E-state index in [1.54, 1.807) is 12.1 Å². The van der Waals surface area contributed by atoms with E-state index in [0.29, 0.717) is 16.6 Å². The van der Waals surface area contributed by atoms with Crippen LogP contribution in [0.25, 0.3) is 11.1 Å². The lowest BCUT2D eigenvalue weighted by molar-refractivity contribution is 0.0481. The number of alkyl halides is 2. The first-order valence-electron chi connectivity index (χ1n) is 6.08. The van der Waals surface area contributed by atoms with Crippen molar-refractivity contribution in [1.82, 2.24) is 0 Å². The summed E-state index contributed by atoms with van der Waals surface area (Å²) in [6.07, 6.45) is 0. The minimum absolute atomic E-state index is 0.0265. The van der Waals surface area contributed by atoms with Crippen molar-refractivity contribution in [3.8, 4) is 11.1 Å². The summed E-state index contributed by atoms with van der Waals surface area (Å²) in [6.45, 7) is 0. The smallest absolute Gasteiger partial charge is 0.449 e. The molecule has 0 saturated heterocycles. The molecule has 0 saturated carbocycles. The van der Waals surface area contributed by atoms with Gasteiger partial charge in [-0.2, -0.15) is 8.78 Å². The van der Waals surface area contributed by atoms with Crippen LogP contribution in [-0.2, 0) is 5.92 Å². The summed E-state index contributed by atoms with van der Waals surface area (Å²) in [7, 11) is -2.09. The Kier molecular flexibility index (Phi) is 2.93. The van der Waals surface area contributed by atoms with Crippen LogP contribution >= 0.6 is 0 Å².